The Morgan fingerprint density at radius 2 is 0.741 bits per heavy atom. The number of amides is 2. The number of aryl methyl sites for hydroxylation is 2. The number of aromatic nitrogens is 4. The molecule has 14 atom stereocenters. The van der Waals surface area contributed by atoms with E-state index in [-0.39, 0.29) is 156 Å². The molecule has 108 heavy (non-hydrogen) atoms. The molecule has 6 aliphatic rings. The molecule has 598 valence electrons. The van der Waals surface area contributed by atoms with Gasteiger partial charge in [-0.2, -0.15) is 12.9 Å². The highest BCUT2D eigenvalue weighted by atomic mass is 32.2. The summed E-state index contributed by atoms with van der Waals surface area (Å²) in [4.78, 5) is 40.5. The van der Waals surface area contributed by atoms with Crippen molar-refractivity contribution < 1.29 is 82.8 Å². The Morgan fingerprint density at radius 3 is 1.03 bits per heavy atom. The first-order valence-electron chi connectivity index (χ1n) is 36.3. The van der Waals surface area contributed by atoms with Gasteiger partial charge < -0.3 is 22.1 Å². The summed E-state index contributed by atoms with van der Waals surface area (Å²) in [6, 6.07) is 2.32. The molecule has 6 fully saturated rings. The maximum atomic E-state index is 14.6. The van der Waals surface area contributed by atoms with E-state index in [1.807, 2.05) is 41.5 Å². The molecule has 8 heterocycles. The molecule has 6 saturated heterocycles. The summed E-state index contributed by atoms with van der Waals surface area (Å²) in [5.41, 5.74) is 13.4. The average molecular weight is 1620 g/mol. The molecule has 6 bridgehead atoms. The Hall–Kier alpha value is -5.92. The van der Waals surface area contributed by atoms with Gasteiger partial charge in [0.1, 0.15) is 28.8 Å². The number of nitrogens with one attached hydrogen (secondary N) is 2. The van der Waals surface area contributed by atoms with Gasteiger partial charge in [0, 0.05) is 135 Å². The minimum Gasteiger partial charge on any atom is -0.350 e. The van der Waals surface area contributed by atoms with Crippen molar-refractivity contribution in [2.75, 3.05) is 48.4 Å². The van der Waals surface area contributed by atoms with Gasteiger partial charge in [-0.25, -0.2) is 74.7 Å². The van der Waals surface area contributed by atoms with Gasteiger partial charge in [-0.05, 0) is 216 Å². The van der Waals surface area contributed by atoms with Gasteiger partial charge in [0.15, 0.2) is 34.9 Å². The van der Waals surface area contributed by atoms with Crippen LogP contribution in [0, 0.1) is 95.8 Å². The summed E-state index contributed by atoms with van der Waals surface area (Å²) in [7, 11) is -13.3. The summed E-state index contributed by atoms with van der Waals surface area (Å²) in [6.45, 7) is 14.5. The number of nitrogens with two attached hydrogens (primary N) is 2. The van der Waals surface area contributed by atoms with E-state index < -0.39 is 131 Å². The van der Waals surface area contributed by atoms with Crippen LogP contribution in [0.4, 0.5) is 39.5 Å². The first-order valence-corrected chi connectivity index (χ1v) is 43.8. The molecule has 35 heteroatoms. The lowest BCUT2D eigenvalue weighted by atomic mass is 9.79. The van der Waals surface area contributed by atoms with Crippen LogP contribution in [0.15, 0.2) is 61.2 Å². The molecule has 3 unspecified atom stereocenters. The van der Waals surface area contributed by atoms with E-state index in [1.54, 1.807) is 22.5 Å². The van der Waals surface area contributed by atoms with E-state index in [2.05, 4.69) is 30.6 Å². The highest BCUT2D eigenvalue weighted by Gasteiger charge is 2.51. The van der Waals surface area contributed by atoms with Crippen LogP contribution in [0.2, 0.25) is 0 Å². The fraction of sp³-hybridized carbons (Fsp3) is 0.616. The summed E-state index contributed by atoms with van der Waals surface area (Å²) >= 11 is 0. The highest BCUT2D eigenvalue weighted by Crippen LogP contribution is 2.47. The molecular weight excluding hydrogens is 1520 g/mol. The van der Waals surface area contributed by atoms with Gasteiger partial charge in [-0.1, -0.05) is 0 Å². The number of benzene rings is 3. The lowest BCUT2D eigenvalue weighted by molar-refractivity contribution is 0.0942. The minimum absolute atomic E-state index is 0.00723. The van der Waals surface area contributed by atoms with Crippen LogP contribution in [-0.2, 0) is 70.9 Å². The first kappa shape index (κ1) is 86.1. The van der Waals surface area contributed by atoms with Gasteiger partial charge in [0.2, 0.25) is 30.1 Å². The molecular formula is C73H98F9N11O10S5. The molecule has 21 nitrogen and oxygen atoms in total. The fourth-order valence-corrected chi connectivity index (χ4v) is 24.1. The molecule has 5 aromatic rings. The van der Waals surface area contributed by atoms with Crippen LogP contribution in [0.25, 0.3) is 0 Å². The quantitative estimate of drug-likeness (QED) is 0.0296. The van der Waals surface area contributed by atoms with Gasteiger partial charge in [0.25, 0.3) is 11.8 Å². The molecule has 11 rings (SSSR count). The van der Waals surface area contributed by atoms with Crippen LogP contribution in [-0.4, -0.2) is 179 Å². The zero-order valence-corrected chi connectivity index (χ0v) is 65.9. The van der Waals surface area contributed by atoms with E-state index in [0.717, 1.165) is 31.0 Å². The number of sulfonamides is 3. The van der Waals surface area contributed by atoms with Crippen molar-refractivity contribution in [1.29, 1.82) is 0 Å². The monoisotopic (exact) mass is 1620 g/mol. The number of fused-ring (bicyclic) bond motifs is 6. The standard InChI is InChI=1S/C28H37F3N4O4S2.C23H28F3N5O3S.C22H33F3N2O3S2/c1-17-14-34-26(15-33-17)27(36)32-7-8-41(38,39)35-21-5-6-22(35)11-18(10-21)20(16-40(37)28(2,3)4)9-19-12-24(30)25(31)13-23(19)29;1-13-11-30-22(12-29-13)23(32)28-4-5-35(33,34)31-16-2-3-17(31)7-15(6-16)21(27)9-14-8-19(25)20(26)10-18(14)24;1-22(2,3)31(28)13-16(8-15-11-20(24)21(25)12-19(15)23)14-9-17-4-5-18(10-14)27(17)32(29,30)7-6-26/h12-15,18,20-22H,5-11,16H2,1-4H3,(H,32,36);8,10-12,15-17,21H,2-7,9,27H2,1H3,(H,28,32);11-12,14,16-18H,4-10,13,26H2,1-3H3/t18?,20-,21-,22+,40+;15?,16-,17+,21-;14?,16-,17-,18+,31+/m010/s1. The second-order valence-corrected chi connectivity index (χ2v) is 41.8. The lowest BCUT2D eigenvalue weighted by Crippen LogP contribution is -2.51. The Bertz CT molecular complexity index is 4390. The maximum Gasteiger partial charge on any atom is 0.271 e. The van der Waals surface area contributed by atoms with Crippen molar-refractivity contribution in [3.05, 3.63) is 153 Å². The van der Waals surface area contributed by atoms with E-state index >= 15 is 0 Å². The number of carbonyl (C=O) groups is 2. The van der Waals surface area contributed by atoms with E-state index in [9.17, 15) is 82.8 Å². The molecule has 6 aliphatic heterocycles. The summed E-state index contributed by atoms with van der Waals surface area (Å²) in [6.07, 6.45) is 13.2. The van der Waals surface area contributed by atoms with Crippen LogP contribution in [0.3, 0.4) is 0 Å². The topological polar surface area (TPSA) is 308 Å². The SMILES string of the molecule is CC(C)(C)[S@](=O)C[C@H](Cc1cc(F)c(F)cc1F)C1C[C@H]2CC[C@@H](C1)N2S(=O)(=O)CCN.Cc1cnc(C(=O)NCCS(=O)(=O)N2[C@@H]3CC[C@H]2CC([C@@H](Cc2cc(F)c(F)cc2F)C[S@@](=O)C(C)(C)C)C3)cn1.Cc1cnc(C(=O)NCCS(=O)(=O)N2[C@@H]3CC[C@H]2CC([C@H](N)Cc2cc(F)c(F)cc2F)C3)cn1. The number of hydrogen-bond donors (Lipinski definition) is 4. The smallest absolute Gasteiger partial charge is 0.271 e. The van der Waals surface area contributed by atoms with Crippen LogP contribution < -0.4 is 22.1 Å². The van der Waals surface area contributed by atoms with Crippen molar-refractivity contribution in [1.82, 2.24) is 43.5 Å². The van der Waals surface area contributed by atoms with Crippen LogP contribution in [0.5, 0.6) is 0 Å². The summed E-state index contributed by atoms with van der Waals surface area (Å²) < 4.78 is 233. The van der Waals surface area contributed by atoms with Crippen molar-refractivity contribution in [2.24, 2.45) is 41.1 Å². The highest BCUT2D eigenvalue weighted by molar-refractivity contribution is 7.89. The first-order chi connectivity index (χ1) is 50.5. The Balaban J connectivity index is 0.000000188. The van der Waals surface area contributed by atoms with Crippen molar-refractivity contribution in [2.45, 2.75) is 203 Å². The normalized spacial score (nSPS) is 24.0. The number of hydrogen-bond acceptors (Lipinski definition) is 16. The third-order valence-corrected chi connectivity index (χ3v) is 31.6. The number of carbonyl (C=O) groups excluding carboxylic acids is 2. The third-order valence-electron chi connectivity index (χ3n) is 21.5. The van der Waals surface area contributed by atoms with E-state index in [0.29, 0.717) is 99.5 Å². The van der Waals surface area contributed by atoms with Gasteiger partial charge in [-0.3, -0.25) is 28.0 Å². The largest absolute Gasteiger partial charge is 0.350 e. The molecule has 2 aromatic heterocycles. The maximum absolute atomic E-state index is 14.6. The molecule has 3 aromatic carbocycles. The summed E-state index contributed by atoms with van der Waals surface area (Å²) in [5, 5.41) is 5.17. The molecule has 0 saturated carbocycles. The van der Waals surface area contributed by atoms with Crippen molar-refractivity contribution in [3.63, 3.8) is 0 Å². The number of rotatable bonds is 26. The second kappa shape index (κ2) is 35.8. The molecule has 0 aliphatic carbocycles. The predicted octanol–water partition coefficient (Wildman–Crippen LogP) is 9.33. The predicted molar refractivity (Wildman–Crippen MR) is 393 cm³/mol. The number of halogens is 9. The number of nitrogens with zero attached hydrogens (tertiary/aromatic N) is 7. The van der Waals surface area contributed by atoms with E-state index in [1.165, 1.54) is 29.1 Å². The Labute approximate surface area is 632 Å². The van der Waals surface area contributed by atoms with Crippen LogP contribution in [0.1, 0.15) is 168 Å². The van der Waals surface area contributed by atoms with Crippen molar-refractivity contribution in [3.8, 4) is 0 Å². The molecule has 6 N–H and O–H groups in total. The van der Waals surface area contributed by atoms with Gasteiger partial charge in [0.05, 0.1) is 41.0 Å². The minimum atomic E-state index is -3.70. The van der Waals surface area contributed by atoms with Gasteiger partial charge >= 0.3 is 0 Å². The molecule has 0 radical (unpaired) electrons. The zero-order valence-electron chi connectivity index (χ0n) is 61.8. The average Bonchev–Trinajstić information content (AvgIpc) is 1.60. The summed E-state index contributed by atoms with van der Waals surface area (Å²) in [5.74, 6) is -11.4. The van der Waals surface area contributed by atoms with Gasteiger partial charge in [-0.15, -0.1) is 0 Å². The Morgan fingerprint density at radius 1 is 0.454 bits per heavy atom. The molecule has 0 spiro atoms. The van der Waals surface area contributed by atoms with Crippen LogP contribution >= 0.6 is 0 Å². The number of piperidine rings is 3. The third kappa shape index (κ3) is 21.6. The Kier molecular flexibility index (Phi) is 28.6. The lowest BCUT2D eigenvalue weighted by Gasteiger charge is -2.41. The molecule has 2 amide bonds. The fourth-order valence-electron chi connectivity index (χ4n) is 16.0. The van der Waals surface area contributed by atoms with Crippen molar-refractivity contribution >= 4 is 63.5 Å². The second-order valence-electron chi connectivity index (χ2n) is 31.3. The van der Waals surface area contributed by atoms with E-state index in [4.69, 9.17) is 11.5 Å². The zero-order chi connectivity index (χ0) is 79.3.